The summed E-state index contributed by atoms with van der Waals surface area (Å²) < 4.78 is 0. The second kappa shape index (κ2) is 7.49. The van der Waals surface area contributed by atoms with Gasteiger partial charge in [-0.2, -0.15) is 0 Å². The van der Waals surface area contributed by atoms with Gasteiger partial charge in [0.05, 0.1) is 11.3 Å². The Balaban J connectivity index is 2.26. The Morgan fingerprint density at radius 2 is 1.57 bits per heavy atom. The average molecular weight is 351 g/mol. The van der Waals surface area contributed by atoms with Gasteiger partial charge in [-0.1, -0.05) is 35.3 Å². The number of nitrogens with one attached hydrogen (secondary N) is 2. The highest BCUT2D eigenvalue weighted by Gasteiger charge is 2.15. The maximum absolute atomic E-state index is 12.4. The number of benzene rings is 2. The van der Waals surface area contributed by atoms with E-state index < -0.39 is 0 Å². The molecule has 2 amide bonds. The highest BCUT2D eigenvalue weighted by molar-refractivity contribution is 6.35. The van der Waals surface area contributed by atoms with Crippen LogP contribution < -0.4 is 10.6 Å². The van der Waals surface area contributed by atoms with Gasteiger partial charge in [0.2, 0.25) is 0 Å². The van der Waals surface area contributed by atoms with E-state index in [1.54, 1.807) is 30.3 Å². The van der Waals surface area contributed by atoms with Crippen LogP contribution in [-0.4, -0.2) is 17.9 Å². The Morgan fingerprint density at radius 1 is 0.957 bits per heavy atom. The Bertz CT molecular complexity index is 725. The van der Waals surface area contributed by atoms with Gasteiger partial charge < -0.3 is 10.6 Å². The second-order valence-electron chi connectivity index (χ2n) is 5.29. The molecule has 0 bridgehead atoms. The van der Waals surface area contributed by atoms with Crippen LogP contribution in [0.5, 0.6) is 0 Å². The number of anilines is 1. The van der Waals surface area contributed by atoms with Crippen LogP contribution in [0.3, 0.4) is 0 Å². The molecule has 2 aromatic rings. The van der Waals surface area contributed by atoms with E-state index in [1.807, 2.05) is 13.8 Å². The molecule has 0 aliphatic carbocycles. The Morgan fingerprint density at radius 3 is 2.17 bits per heavy atom. The lowest BCUT2D eigenvalue weighted by Gasteiger charge is -2.13. The molecule has 0 aliphatic rings. The first-order valence-electron chi connectivity index (χ1n) is 7.04. The molecule has 0 unspecified atom stereocenters. The van der Waals surface area contributed by atoms with Crippen molar-refractivity contribution in [3.8, 4) is 0 Å². The summed E-state index contributed by atoms with van der Waals surface area (Å²) in [7, 11) is 0. The number of carbonyl (C=O) groups excluding carboxylic acids is 2. The first-order chi connectivity index (χ1) is 10.9. The van der Waals surface area contributed by atoms with Crippen molar-refractivity contribution in [1.29, 1.82) is 0 Å². The summed E-state index contributed by atoms with van der Waals surface area (Å²) in [5, 5.41) is 6.25. The van der Waals surface area contributed by atoms with Gasteiger partial charge in [-0.3, -0.25) is 9.59 Å². The third-order valence-electron chi connectivity index (χ3n) is 2.96. The molecule has 0 heterocycles. The van der Waals surface area contributed by atoms with Crippen LogP contribution in [0.4, 0.5) is 5.69 Å². The summed E-state index contributed by atoms with van der Waals surface area (Å²) in [6.07, 6.45) is 0. The predicted molar refractivity (Wildman–Crippen MR) is 93.5 cm³/mol. The summed E-state index contributed by atoms with van der Waals surface area (Å²) in [4.78, 5) is 24.6. The van der Waals surface area contributed by atoms with Crippen LogP contribution >= 0.6 is 23.2 Å². The molecule has 0 aromatic heterocycles. The van der Waals surface area contributed by atoms with Gasteiger partial charge in [-0.05, 0) is 44.2 Å². The fourth-order valence-corrected chi connectivity index (χ4v) is 2.54. The molecule has 0 radical (unpaired) electrons. The second-order valence-corrected chi connectivity index (χ2v) is 6.16. The maximum atomic E-state index is 12.4. The molecule has 23 heavy (non-hydrogen) atoms. The molecular formula is C17H16Cl2N2O2. The molecule has 4 nitrogen and oxygen atoms in total. The van der Waals surface area contributed by atoms with E-state index in [4.69, 9.17) is 23.2 Å². The van der Waals surface area contributed by atoms with Crippen molar-refractivity contribution >= 4 is 40.7 Å². The summed E-state index contributed by atoms with van der Waals surface area (Å²) in [5.74, 6) is -0.640. The molecular weight excluding hydrogens is 335 g/mol. The first-order valence-corrected chi connectivity index (χ1v) is 7.79. The molecule has 0 spiro atoms. The zero-order valence-corrected chi connectivity index (χ0v) is 14.2. The van der Waals surface area contributed by atoms with Crippen molar-refractivity contribution in [2.24, 2.45) is 0 Å². The zero-order valence-electron chi connectivity index (χ0n) is 12.7. The van der Waals surface area contributed by atoms with Crippen molar-refractivity contribution in [2.75, 3.05) is 5.32 Å². The van der Waals surface area contributed by atoms with Crippen molar-refractivity contribution in [3.05, 3.63) is 63.6 Å². The SMILES string of the molecule is CC(C)NC(=O)c1ccccc1NC(=O)c1cc(Cl)cc(Cl)c1. The van der Waals surface area contributed by atoms with Crippen LogP contribution in [0.2, 0.25) is 10.0 Å². The van der Waals surface area contributed by atoms with Crippen LogP contribution in [0, 0.1) is 0 Å². The quantitative estimate of drug-likeness (QED) is 0.859. The van der Waals surface area contributed by atoms with Gasteiger partial charge in [0.15, 0.2) is 0 Å². The van der Waals surface area contributed by atoms with Gasteiger partial charge in [0.1, 0.15) is 0 Å². The van der Waals surface area contributed by atoms with Crippen LogP contribution in [0.25, 0.3) is 0 Å². The van der Waals surface area contributed by atoms with Crippen molar-refractivity contribution in [1.82, 2.24) is 5.32 Å². The smallest absolute Gasteiger partial charge is 0.255 e. The minimum atomic E-state index is -0.390. The number of carbonyl (C=O) groups is 2. The molecule has 6 heteroatoms. The average Bonchev–Trinajstić information content (AvgIpc) is 2.46. The molecule has 0 atom stereocenters. The van der Waals surface area contributed by atoms with Gasteiger partial charge in [0.25, 0.3) is 11.8 Å². The van der Waals surface area contributed by atoms with E-state index in [0.717, 1.165) is 0 Å². The number of para-hydroxylation sites is 1. The summed E-state index contributed by atoms with van der Waals surface area (Å²) in [6.45, 7) is 3.74. The Kier molecular flexibility index (Phi) is 5.64. The van der Waals surface area contributed by atoms with E-state index >= 15 is 0 Å². The topological polar surface area (TPSA) is 58.2 Å². The van der Waals surface area contributed by atoms with Crippen LogP contribution in [0.1, 0.15) is 34.6 Å². The molecule has 2 rings (SSSR count). The molecule has 0 fully saturated rings. The van der Waals surface area contributed by atoms with Crippen LogP contribution in [0.15, 0.2) is 42.5 Å². The highest BCUT2D eigenvalue weighted by atomic mass is 35.5. The maximum Gasteiger partial charge on any atom is 0.255 e. The lowest BCUT2D eigenvalue weighted by molar-refractivity contribution is 0.0944. The number of hydrogen-bond acceptors (Lipinski definition) is 2. The Labute approximate surface area is 144 Å². The van der Waals surface area contributed by atoms with E-state index in [2.05, 4.69) is 10.6 Å². The fraction of sp³-hybridized carbons (Fsp3) is 0.176. The Hall–Kier alpha value is -2.04. The van der Waals surface area contributed by atoms with Crippen LogP contribution in [-0.2, 0) is 0 Å². The van der Waals surface area contributed by atoms with E-state index in [1.165, 1.54) is 12.1 Å². The van der Waals surface area contributed by atoms with Crippen molar-refractivity contribution < 1.29 is 9.59 Å². The summed E-state index contributed by atoms with van der Waals surface area (Å²) >= 11 is 11.8. The third kappa shape index (κ3) is 4.71. The van der Waals surface area contributed by atoms with Gasteiger partial charge in [0, 0.05) is 21.7 Å². The predicted octanol–water partition coefficient (Wildman–Crippen LogP) is 4.38. The highest BCUT2D eigenvalue weighted by Crippen LogP contribution is 2.21. The first kappa shape index (κ1) is 17.3. The third-order valence-corrected chi connectivity index (χ3v) is 3.40. The number of halogens is 2. The molecule has 0 saturated carbocycles. The van der Waals surface area contributed by atoms with Gasteiger partial charge >= 0.3 is 0 Å². The van der Waals surface area contributed by atoms with Gasteiger partial charge in [-0.15, -0.1) is 0 Å². The number of hydrogen-bond donors (Lipinski definition) is 2. The van der Waals surface area contributed by atoms with Gasteiger partial charge in [-0.25, -0.2) is 0 Å². The summed E-state index contributed by atoms with van der Waals surface area (Å²) in [6, 6.07) is 11.4. The van der Waals surface area contributed by atoms with Crippen molar-refractivity contribution in [2.45, 2.75) is 19.9 Å². The minimum Gasteiger partial charge on any atom is -0.350 e. The molecule has 2 N–H and O–H groups in total. The molecule has 0 aliphatic heterocycles. The van der Waals surface area contributed by atoms with E-state index in [-0.39, 0.29) is 17.9 Å². The largest absolute Gasteiger partial charge is 0.350 e. The molecule has 120 valence electrons. The standard InChI is InChI=1S/C17H16Cl2N2O2/c1-10(2)20-17(23)14-5-3-4-6-15(14)21-16(22)11-7-12(18)9-13(19)8-11/h3-10H,1-2H3,(H,20,23)(H,21,22). The lowest BCUT2D eigenvalue weighted by atomic mass is 10.1. The number of amides is 2. The minimum absolute atomic E-state index is 0.00186. The monoisotopic (exact) mass is 350 g/mol. The molecule has 0 saturated heterocycles. The lowest BCUT2D eigenvalue weighted by Crippen LogP contribution is -2.31. The van der Waals surface area contributed by atoms with E-state index in [9.17, 15) is 9.59 Å². The number of rotatable bonds is 4. The van der Waals surface area contributed by atoms with Crippen molar-refractivity contribution in [3.63, 3.8) is 0 Å². The fourth-order valence-electron chi connectivity index (χ4n) is 2.01. The zero-order chi connectivity index (χ0) is 17.0. The normalized spacial score (nSPS) is 10.5. The van der Waals surface area contributed by atoms with E-state index in [0.29, 0.717) is 26.9 Å². The summed E-state index contributed by atoms with van der Waals surface area (Å²) in [5.41, 5.74) is 1.14. The molecule has 2 aromatic carbocycles.